The molecule has 12 heteroatoms. The van der Waals surface area contributed by atoms with E-state index in [1.54, 1.807) is 12.1 Å². The van der Waals surface area contributed by atoms with Gasteiger partial charge in [0.15, 0.2) is 20.1 Å². The number of sulfonamides is 1. The molecule has 2 N–H and O–H groups in total. The maximum atomic E-state index is 12.4. The van der Waals surface area contributed by atoms with Gasteiger partial charge in [0, 0.05) is 12.2 Å². The Morgan fingerprint density at radius 2 is 1.93 bits per heavy atom. The SMILES string of the molecule is CN1CCC(C(=O)Nc2nc3ccc(NS(=O)(=O)CS(C)(=O)=O)cc3s2)CC1. The molecule has 1 aliphatic rings. The number of thiazole rings is 1. The molecule has 1 amide bonds. The summed E-state index contributed by atoms with van der Waals surface area (Å²) in [6.07, 6.45) is 2.47. The quantitative estimate of drug-likeness (QED) is 0.685. The lowest BCUT2D eigenvalue weighted by molar-refractivity contribution is -0.121. The van der Waals surface area contributed by atoms with Crippen LogP contribution in [0.25, 0.3) is 10.2 Å². The fraction of sp³-hybridized carbons (Fsp3) is 0.500. The third-order valence-corrected chi connectivity index (χ3v) is 8.78. The summed E-state index contributed by atoms with van der Waals surface area (Å²) in [5.74, 6) is -0.0946. The summed E-state index contributed by atoms with van der Waals surface area (Å²) in [4.78, 5) is 19.0. The second-order valence-corrected chi connectivity index (χ2v) is 12.3. The Kier molecular flexibility index (Phi) is 5.94. The van der Waals surface area contributed by atoms with Crippen molar-refractivity contribution in [3.63, 3.8) is 0 Å². The Morgan fingerprint density at radius 3 is 2.57 bits per heavy atom. The van der Waals surface area contributed by atoms with Crippen molar-refractivity contribution in [1.29, 1.82) is 0 Å². The zero-order chi connectivity index (χ0) is 20.5. The Bertz CT molecular complexity index is 1090. The average molecular weight is 447 g/mol. The summed E-state index contributed by atoms with van der Waals surface area (Å²) in [7, 11) is -5.67. The molecular formula is C16H22N4O5S3. The molecule has 3 rings (SSSR count). The van der Waals surface area contributed by atoms with Crippen LogP contribution in [-0.2, 0) is 24.7 Å². The predicted molar refractivity (Wildman–Crippen MR) is 111 cm³/mol. The third-order valence-electron chi connectivity index (χ3n) is 4.35. The van der Waals surface area contributed by atoms with Gasteiger partial charge in [-0.3, -0.25) is 9.52 Å². The van der Waals surface area contributed by atoms with E-state index < -0.39 is 24.9 Å². The minimum Gasteiger partial charge on any atom is -0.306 e. The van der Waals surface area contributed by atoms with Gasteiger partial charge in [0.2, 0.25) is 15.9 Å². The Balaban J connectivity index is 1.71. The fourth-order valence-electron chi connectivity index (χ4n) is 3.01. The summed E-state index contributed by atoms with van der Waals surface area (Å²) in [6.45, 7) is 1.77. The summed E-state index contributed by atoms with van der Waals surface area (Å²) < 4.78 is 49.3. The molecule has 28 heavy (non-hydrogen) atoms. The maximum absolute atomic E-state index is 12.4. The molecule has 0 saturated carbocycles. The first-order valence-corrected chi connectivity index (χ1v) is 13.1. The van der Waals surface area contributed by atoms with E-state index in [4.69, 9.17) is 0 Å². The predicted octanol–water partition coefficient (Wildman–Crippen LogP) is 1.32. The molecule has 2 aromatic rings. The van der Waals surface area contributed by atoms with E-state index in [0.717, 1.165) is 32.2 Å². The van der Waals surface area contributed by atoms with Gasteiger partial charge >= 0.3 is 0 Å². The van der Waals surface area contributed by atoms with Crippen molar-refractivity contribution in [2.45, 2.75) is 12.8 Å². The molecule has 9 nitrogen and oxygen atoms in total. The highest BCUT2D eigenvalue weighted by molar-refractivity contribution is 8.08. The van der Waals surface area contributed by atoms with Crippen LogP contribution in [-0.4, -0.2) is 64.1 Å². The molecule has 0 bridgehead atoms. The fourth-order valence-corrected chi connectivity index (χ4v) is 6.90. The third kappa shape index (κ3) is 5.63. The summed E-state index contributed by atoms with van der Waals surface area (Å²) in [5, 5.41) is 2.31. The molecule has 0 spiro atoms. The van der Waals surface area contributed by atoms with Crippen LogP contribution in [0.3, 0.4) is 0 Å². The molecule has 0 radical (unpaired) electrons. The summed E-state index contributed by atoms with van der Waals surface area (Å²) >= 11 is 1.24. The number of likely N-dealkylation sites (tertiary alicyclic amines) is 1. The number of carbonyl (C=O) groups excluding carboxylic acids is 1. The van der Waals surface area contributed by atoms with Crippen molar-refractivity contribution in [2.24, 2.45) is 5.92 Å². The van der Waals surface area contributed by atoms with Crippen LogP contribution >= 0.6 is 11.3 Å². The van der Waals surface area contributed by atoms with Crippen molar-refractivity contribution < 1.29 is 21.6 Å². The molecule has 0 aliphatic carbocycles. The minimum absolute atomic E-state index is 0.0402. The van der Waals surface area contributed by atoms with Gasteiger partial charge in [0.25, 0.3) is 0 Å². The van der Waals surface area contributed by atoms with Crippen molar-refractivity contribution >= 4 is 58.1 Å². The zero-order valence-corrected chi connectivity index (χ0v) is 18.0. The van der Waals surface area contributed by atoms with Crippen LogP contribution in [0.1, 0.15) is 12.8 Å². The number of nitrogens with one attached hydrogen (secondary N) is 2. The van der Waals surface area contributed by atoms with Crippen LogP contribution in [0.2, 0.25) is 0 Å². The van der Waals surface area contributed by atoms with Crippen LogP contribution in [0.5, 0.6) is 0 Å². The van der Waals surface area contributed by atoms with Crippen molar-refractivity contribution in [3.8, 4) is 0 Å². The Morgan fingerprint density at radius 1 is 1.25 bits per heavy atom. The number of carbonyl (C=O) groups is 1. The Hall–Kier alpha value is -1.76. The number of rotatable bonds is 6. The molecule has 2 heterocycles. The number of amides is 1. The van der Waals surface area contributed by atoms with Crippen molar-refractivity contribution in [3.05, 3.63) is 18.2 Å². The minimum atomic E-state index is -4.02. The number of sulfone groups is 1. The van der Waals surface area contributed by atoms with Gasteiger partial charge in [0.05, 0.1) is 15.9 Å². The number of hydrogen-bond donors (Lipinski definition) is 2. The molecule has 0 unspecified atom stereocenters. The van der Waals surface area contributed by atoms with Crippen molar-refractivity contribution in [1.82, 2.24) is 9.88 Å². The number of hydrogen-bond acceptors (Lipinski definition) is 8. The number of fused-ring (bicyclic) bond motifs is 1. The standard InChI is InChI=1S/C16H22N4O5S3/c1-20-7-5-11(6-8-20)15(21)18-16-17-13-4-3-12(9-14(13)26-16)19-28(24,25)10-27(2,22)23/h3-4,9,11,19H,5-8,10H2,1-2H3,(H,17,18,21). The van der Waals surface area contributed by atoms with Crippen LogP contribution < -0.4 is 10.0 Å². The van der Waals surface area contributed by atoms with Gasteiger partial charge < -0.3 is 10.2 Å². The van der Waals surface area contributed by atoms with E-state index in [0.29, 0.717) is 15.3 Å². The lowest BCUT2D eigenvalue weighted by Crippen LogP contribution is -2.35. The molecule has 1 aromatic heterocycles. The lowest BCUT2D eigenvalue weighted by atomic mass is 9.96. The van der Waals surface area contributed by atoms with Crippen LogP contribution in [0.4, 0.5) is 10.8 Å². The highest BCUT2D eigenvalue weighted by Gasteiger charge is 2.24. The van der Waals surface area contributed by atoms with Gasteiger partial charge in [-0.2, -0.15) is 0 Å². The molecule has 154 valence electrons. The molecule has 0 atom stereocenters. The van der Waals surface area contributed by atoms with E-state index >= 15 is 0 Å². The smallest absolute Gasteiger partial charge is 0.247 e. The molecule has 1 aromatic carbocycles. The van der Waals surface area contributed by atoms with Gasteiger partial charge in [-0.15, -0.1) is 0 Å². The topological polar surface area (TPSA) is 126 Å². The van der Waals surface area contributed by atoms with E-state index in [2.05, 4.69) is 19.9 Å². The molecule has 1 saturated heterocycles. The van der Waals surface area contributed by atoms with E-state index in [9.17, 15) is 21.6 Å². The van der Waals surface area contributed by atoms with E-state index in [1.807, 2.05) is 7.05 Å². The number of benzene rings is 1. The van der Waals surface area contributed by atoms with Gasteiger partial charge in [-0.25, -0.2) is 21.8 Å². The molecular weight excluding hydrogens is 424 g/mol. The molecule has 1 aliphatic heterocycles. The molecule has 1 fully saturated rings. The number of anilines is 2. The monoisotopic (exact) mass is 446 g/mol. The first-order valence-electron chi connectivity index (χ1n) is 8.59. The van der Waals surface area contributed by atoms with Crippen LogP contribution in [0, 0.1) is 5.92 Å². The lowest BCUT2D eigenvalue weighted by Gasteiger charge is -2.27. The van der Waals surface area contributed by atoms with E-state index in [-0.39, 0.29) is 17.5 Å². The maximum Gasteiger partial charge on any atom is 0.247 e. The van der Waals surface area contributed by atoms with E-state index in [1.165, 1.54) is 17.4 Å². The highest BCUT2D eigenvalue weighted by Crippen LogP contribution is 2.29. The van der Waals surface area contributed by atoms with Gasteiger partial charge in [-0.1, -0.05) is 11.3 Å². The second-order valence-electron chi connectivity index (χ2n) is 7.03. The Labute approximate surface area is 168 Å². The van der Waals surface area contributed by atoms with Crippen molar-refractivity contribution in [2.75, 3.05) is 41.5 Å². The first-order chi connectivity index (χ1) is 13.0. The normalized spacial score (nSPS) is 16.9. The first kappa shape index (κ1) is 21.0. The number of nitrogens with zero attached hydrogens (tertiary/aromatic N) is 2. The second kappa shape index (κ2) is 7.93. The highest BCUT2D eigenvalue weighted by atomic mass is 32.3. The largest absolute Gasteiger partial charge is 0.306 e. The summed E-state index contributed by atoms with van der Waals surface area (Å²) in [6, 6.07) is 4.69. The number of aromatic nitrogens is 1. The van der Waals surface area contributed by atoms with Gasteiger partial charge in [-0.05, 0) is 51.2 Å². The summed E-state index contributed by atoms with van der Waals surface area (Å²) in [5.41, 5.74) is 0.864. The number of piperidine rings is 1. The zero-order valence-electron chi connectivity index (χ0n) is 15.5. The van der Waals surface area contributed by atoms with Gasteiger partial charge in [0.1, 0.15) is 0 Å². The average Bonchev–Trinajstić information content (AvgIpc) is 2.94. The van der Waals surface area contributed by atoms with Crippen LogP contribution in [0.15, 0.2) is 18.2 Å².